The predicted molar refractivity (Wildman–Crippen MR) is 77.4 cm³/mol. The molecule has 0 radical (unpaired) electrons. The third-order valence-electron chi connectivity index (χ3n) is 3.01. The molecule has 0 amide bonds. The molecule has 0 aliphatic heterocycles. The third kappa shape index (κ3) is 2.44. The molecule has 1 nitrogen and oxygen atoms in total. The second kappa shape index (κ2) is 4.91. The van der Waals surface area contributed by atoms with Gasteiger partial charge in [-0.3, -0.25) is 0 Å². The van der Waals surface area contributed by atoms with Crippen LogP contribution < -0.4 is 4.57 Å². The van der Waals surface area contributed by atoms with Crippen molar-refractivity contribution in [1.82, 2.24) is 0 Å². The molecular formula is C16H13BrN+. The first-order valence-electron chi connectivity index (χ1n) is 5.93. The van der Waals surface area contributed by atoms with E-state index in [0.29, 0.717) is 0 Å². The second-order valence-corrected chi connectivity index (χ2v) is 5.29. The van der Waals surface area contributed by atoms with Crippen LogP contribution in [-0.4, -0.2) is 0 Å². The van der Waals surface area contributed by atoms with Crippen molar-refractivity contribution in [2.24, 2.45) is 0 Å². The lowest BCUT2D eigenvalue weighted by molar-refractivity contribution is -0.687. The lowest BCUT2D eigenvalue weighted by Crippen LogP contribution is -2.33. The molecule has 0 atom stereocenters. The molecule has 0 saturated heterocycles. The molecule has 0 aliphatic carbocycles. The van der Waals surface area contributed by atoms with Gasteiger partial charge in [-0.1, -0.05) is 46.3 Å². The lowest BCUT2D eigenvalue weighted by atomic mass is 10.1. The van der Waals surface area contributed by atoms with Gasteiger partial charge < -0.3 is 0 Å². The molecular weight excluding hydrogens is 286 g/mol. The SMILES string of the molecule is Brc1ccc2c[n+](Cc3ccccc3)ccc2c1. The van der Waals surface area contributed by atoms with Gasteiger partial charge in [0.05, 0.1) is 0 Å². The van der Waals surface area contributed by atoms with Gasteiger partial charge in [0.2, 0.25) is 0 Å². The van der Waals surface area contributed by atoms with Gasteiger partial charge in [0, 0.05) is 21.5 Å². The molecule has 0 spiro atoms. The summed E-state index contributed by atoms with van der Waals surface area (Å²) in [5.74, 6) is 0. The van der Waals surface area contributed by atoms with Gasteiger partial charge >= 0.3 is 0 Å². The summed E-state index contributed by atoms with van der Waals surface area (Å²) in [4.78, 5) is 0. The lowest BCUT2D eigenvalue weighted by Gasteiger charge is -2.00. The van der Waals surface area contributed by atoms with Crippen molar-refractivity contribution in [1.29, 1.82) is 0 Å². The molecule has 3 aromatic rings. The topological polar surface area (TPSA) is 3.88 Å². The van der Waals surface area contributed by atoms with Crippen LogP contribution in [0.5, 0.6) is 0 Å². The summed E-state index contributed by atoms with van der Waals surface area (Å²) in [5.41, 5.74) is 1.32. The molecule has 1 aromatic heterocycles. The maximum atomic E-state index is 3.50. The Bertz CT molecular complexity index is 677. The van der Waals surface area contributed by atoms with E-state index in [2.05, 4.69) is 81.4 Å². The molecule has 0 unspecified atom stereocenters. The minimum Gasteiger partial charge on any atom is -0.200 e. The predicted octanol–water partition coefficient (Wildman–Crippen LogP) is 3.94. The van der Waals surface area contributed by atoms with E-state index in [1.54, 1.807) is 0 Å². The molecule has 0 saturated carbocycles. The highest BCUT2D eigenvalue weighted by atomic mass is 79.9. The van der Waals surface area contributed by atoms with Crippen molar-refractivity contribution in [3.8, 4) is 0 Å². The minimum absolute atomic E-state index is 0.910. The molecule has 88 valence electrons. The maximum Gasteiger partial charge on any atom is 0.176 e. The van der Waals surface area contributed by atoms with E-state index >= 15 is 0 Å². The van der Waals surface area contributed by atoms with Crippen molar-refractivity contribution in [3.63, 3.8) is 0 Å². The van der Waals surface area contributed by atoms with Gasteiger partial charge in [-0.2, -0.15) is 0 Å². The molecule has 3 rings (SSSR count). The Kier molecular flexibility index (Phi) is 3.11. The van der Waals surface area contributed by atoms with Gasteiger partial charge in [0.25, 0.3) is 0 Å². The Morgan fingerprint density at radius 2 is 1.72 bits per heavy atom. The van der Waals surface area contributed by atoms with Gasteiger partial charge in [0.15, 0.2) is 18.9 Å². The Balaban J connectivity index is 1.96. The summed E-state index contributed by atoms with van der Waals surface area (Å²) in [5, 5.41) is 2.52. The summed E-state index contributed by atoms with van der Waals surface area (Å²) in [6.45, 7) is 0.910. The Morgan fingerprint density at radius 1 is 0.889 bits per heavy atom. The zero-order valence-electron chi connectivity index (χ0n) is 9.88. The summed E-state index contributed by atoms with van der Waals surface area (Å²) >= 11 is 3.50. The highest BCUT2D eigenvalue weighted by Gasteiger charge is 2.04. The molecule has 0 fully saturated rings. The van der Waals surface area contributed by atoms with Crippen LogP contribution in [0.3, 0.4) is 0 Å². The quantitative estimate of drug-likeness (QED) is 0.631. The molecule has 18 heavy (non-hydrogen) atoms. The minimum atomic E-state index is 0.910. The van der Waals surface area contributed by atoms with Crippen LogP contribution in [0.25, 0.3) is 10.8 Å². The van der Waals surface area contributed by atoms with Crippen LogP contribution in [0.1, 0.15) is 5.56 Å². The van der Waals surface area contributed by atoms with Crippen LogP contribution >= 0.6 is 15.9 Å². The van der Waals surface area contributed by atoms with Crippen LogP contribution in [0.15, 0.2) is 71.5 Å². The van der Waals surface area contributed by atoms with Crippen LogP contribution in [0, 0.1) is 0 Å². The van der Waals surface area contributed by atoms with E-state index < -0.39 is 0 Å². The first kappa shape index (κ1) is 11.4. The number of pyridine rings is 1. The Morgan fingerprint density at radius 3 is 2.56 bits per heavy atom. The Hall–Kier alpha value is -1.67. The number of rotatable bonds is 2. The van der Waals surface area contributed by atoms with E-state index in [1.807, 2.05) is 6.07 Å². The highest BCUT2D eigenvalue weighted by Crippen LogP contribution is 2.17. The molecule has 2 heteroatoms. The zero-order valence-corrected chi connectivity index (χ0v) is 11.5. The summed E-state index contributed by atoms with van der Waals surface area (Å²) in [6.07, 6.45) is 4.32. The number of fused-ring (bicyclic) bond motifs is 1. The fraction of sp³-hybridized carbons (Fsp3) is 0.0625. The number of hydrogen-bond acceptors (Lipinski definition) is 0. The number of benzene rings is 2. The fourth-order valence-corrected chi connectivity index (χ4v) is 2.48. The van der Waals surface area contributed by atoms with E-state index in [4.69, 9.17) is 0 Å². The number of nitrogens with zero attached hydrogens (tertiary/aromatic N) is 1. The number of halogens is 1. The fourth-order valence-electron chi connectivity index (χ4n) is 2.10. The molecule has 1 heterocycles. The van der Waals surface area contributed by atoms with Crippen molar-refractivity contribution >= 4 is 26.7 Å². The first-order valence-corrected chi connectivity index (χ1v) is 6.73. The van der Waals surface area contributed by atoms with Gasteiger partial charge in [0.1, 0.15) is 0 Å². The summed E-state index contributed by atoms with van der Waals surface area (Å²) < 4.78 is 3.33. The van der Waals surface area contributed by atoms with Crippen molar-refractivity contribution < 1.29 is 4.57 Å². The normalized spacial score (nSPS) is 10.7. The maximum absolute atomic E-state index is 3.50. The van der Waals surface area contributed by atoms with Gasteiger partial charge in [-0.25, -0.2) is 4.57 Å². The second-order valence-electron chi connectivity index (χ2n) is 4.38. The first-order chi connectivity index (χ1) is 8.81. The van der Waals surface area contributed by atoms with Crippen LogP contribution in [-0.2, 0) is 6.54 Å². The van der Waals surface area contributed by atoms with Crippen molar-refractivity contribution in [2.75, 3.05) is 0 Å². The standard InChI is InChI=1S/C16H13BrN/c17-16-7-6-15-12-18(9-8-14(15)10-16)11-13-4-2-1-3-5-13/h1-10,12H,11H2/q+1. The molecule has 0 aliphatic rings. The summed E-state index contributed by atoms with van der Waals surface area (Å²) in [7, 11) is 0. The smallest absolute Gasteiger partial charge is 0.176 e. The average molecular weight is 299 g/mol. The van der Waals surface area contributed by atoms with Crippen molar-refractivity contribution in [3.05, 3.63) is 77.0 Å². The van der Waals surface area contributed by atoms with Crippen LogP contribution in [0.4, 0.5) is 0 Å². The average Bonchev–Trinajstić information content (AvgIpc) is 2.40. The molecule has 0 N–H and O–H groups in total. The molecule has 2 aromatic carbocycles. The van der Waals surface area contributed by atoms with Gasteiger partial charge in [-0.15, -0.1) is 0 Å². The molecule has 0 bridgehead atoms. The monoisotopic (exact) mass is 298 g/mol. The highest BCUT2D eigenvalue weighted by molar-refractivity contribution is 9.10. The van der Waals surface area contributed by atoms with E-state index in [0.717, 1.165) is 11.0 Å². The van der Waals surface area contributed by atoms with Crippen molar-refractivity contribution in [2.45, 2.75) is 6.54 Å². The zero-order chi connectivity index (χ0) is 12.4. The van der Waals surface area contributed by atoms with Crippen LogP contribution in [0.2, 0.25) is 0 Å². The van der Waals surface area contributed by atoms with E-state index in [9.17, 15) is 0 Å². The largest absolute Gasteiger partial charge is 0.200 e. The number of hydrogen-bond donors (Lipinski definition) is 0. The van der Waals surface area contributed by atoms with E-state index in [-0.39, 0.29) is 0 Å². The Labute approximate surface area is 115 Å². The summed E-state index contributed by atoms with van der Waals surface area (Å²) in [6, 6.07) is 19.0. The third-order valence-corrected chi connectivity index (χ3v) is 3.50. The van der Waals surface area contributed by atoms with Gasteiger partial charge in [-0.05, 0) is 23.6 Å². The number of aromatic nitrogens is 1. The van der Waals surface area contributed by atoms with E-state index in [1.165, 1.54) is 16.3 Å².